The van der Waals surface area contributed by atoms with Gasteiger partial charge in [0, 0.05) is 6.07 Å². The second kappa shape index (κ2) is 10.1. The van der Waals surface area contributed by atoms with Crippen LogP contribution in [-0.4, -0.2) is 19.6 Å². The average Bonchev–Trinajstić information content (AvgIpc) is 2.68. The van der Waals surface area contributed by atoms with Gasteiger partial charge in [0.05, 0.1) is 19.4 Å². The molecule has 0 aliphatic rings. The number of hydrogen-bond donors (Lipinski definition) is 1. The van der Waals surface area contributed by atoms with E-state index in [1.165, 1.54) is 13.2 Å². The zero-order chi connectivity index (χ0) is 20.5. The van der Waals surface area contributed by atoms with Gasteiger partial charge in [-0.05, 0) is 42.3 Å². The minimum atomic E-state index is -0.929. The molecule has 0 spiro atoms. The molecule has 0 saturated heterocycles. The molecule has 0 saturated carbocycles. The summed E-state index contributed by atoms with van der Waals surface area (Å²) in [7, 11) is 1.52. The van der Waals surface area contributed by atoms with Crippen molar-refractivity contribution in [1.29, 1.82) is 5.26 Å². The number of hydrogen-bond acceptors (Lipinski definition) is 4. The number of methoxy groups -OCH3 is 1. The Kier molecular flexibility index (Phi) is 7.52. The molecule has 0 radical (unpaired) electrons. The van der Waals surface area contributed by atoms with Crippen molar-refractivity contribution in [2.24, 2.45) is 0 Å². The summed E-state index contributed by atoms with van der Waals surface area (Å²) < 4.78 is 37.6. The Morgan fingerprint density at radius 2 is 2.00 bits per heavy atom. The van der Waals surface area contributed by atoms with E-state index < -0.39 is 17.5 Å². The molecule has 2 rings (SSSR count). The monoisotopic (exact) mass is 386 g/mol. The first-order chi connectivity index (χ1) is 13.5. The van der Waals surface area contributed by atoms with E-state index in [1.54, 1.807) is 24.3 Å². The molecule has 0 aliphatic carbocycles. The largest absolute Gasteiger partial charge is 0.493 e. The van der Waals surface area contributed by atoms with Crippen molar-refractivity contribution in [3.8, 4) is 17.6 Å². The summed E-state index contributed by atoms with van der Waals surface area (Å²) >= 11 is 0. The summed E-state index contributed by atoms with van der Waals surface area (Å²) in [6, 6.07) is 9.51. The second-order valence-corrected chi connectivity index (χ2v) is 5.86. The topological polar surface area (TPSA) is 71.3 Å². The lowest BCUT2D eigenvalue weighted by molar-refractivity contribution is -0.112. The van der Waals surface area contributed by atoms with E-state index in [9.17, 15) is 18.8 Å². The van der Waals surface area contributed by atoms with Crippen molar-refractivity contribution in [3.05, 3.63) is 59.2 Å². The third kappa shape index (κ3) is 5.55. The van der Waals surface area contributed by atoms with E-state index >= 15 is 0 Å². The zero-order valence-corrected chi connectivity index (χ0v) is 15.6. The van der Waals surface area contributed by atoms with Gasteiger partial charge in [0.15, 0.2) is 11.5 Å². The Morgan fingerprint density at radius 1 is 1.21 bits per heavy atom. The van der Waals surface area contributed by atoms with Crippen molar-refractivity contribution in [1.82, 2.24) is 0 Å². The Bertz CT molecular complexity index is 920. The third-order valence-electron chi connectivity index (χ3n) is 3.80. The molecule has 0 heterocycles. The number of halogens is 2. The van der Waals surface area contributed by atoms with Gasteiger partial charge in [0.2, 0.25) is 0 Å². The number of rotatable bonds is 8. The molecule has 0 atom stereocenters. The number of unbranched alkanes of at least 4 members (excludes halogenated alkanes) is 1. The Morgan fingerprint density at radius 3 is 2.64 bits per heavy atom. The second-order valence-electron chi connectivity index (χ2n) is 5.86. The van der Waals surface area contributed by atoms with Crippen molar-refractivity contribution >= 4 is 17.7 Å². The fourth-order valence-corrected chi connectivity index (χ4v) is 2.32. The Balaban J connectivity index is 2.23. The van der Waals surface area contributed by atoms with Gasteiger partial charge in [-0.3, -0.25) is 4.79 Å². The van der Waals surface area contributed by atoms with Gasteiger partial charge in [-0.15, -0.1) is 0 Å². The van der Waals surface area contributed by atoms with E-state index in [2.05, 4.69) is 5.32 Å². The highest BCUT2D eigenvalue weighted by Gasteiger charge is 2.13. The number of carbonyl (C=O) groups is 1. The molecule has 1 amide bonds. The standard InChI is InChI=1S/C21H20F2N2O3/c1-3-4-9-28-20-11-14(5-8-19(20)27-2)10-15(13-24)21(26)25-18-7-6-16(22)12-17(18)23/h5-8,10-12H,3-4,9H2,1-2H3,(H,25,26)/b15-10+. The molecule has 0 bridgehead atoms. The van der Waals surface area contributed by atoms with Crippen LogP contribution in [0.4, 0.5) is 14.5 Å². The average molecular weight is 386 g/mol. The number of nitrogens with one attached hydrogen (secondary N) is 1. The molecule has 146 valence electrons. The lowest BCUT2D eigenvalue weighted by Crippen LogP contribution is -2.14. The van der Waals surface area contributed by atoms with Gasteiger partial charge in [0.25, 0.3) is 5.91 Å². The smallest absolute Gasteiger partial charge is 0.266 e. The highest BCUT2D eigenvalue weighted by atomic mass is 19.1. The Hall–Kier alpha value is -3.40. The number of amides is 1. The van der Waals surface area contributed by atoms with Crippen molar-refractivity contribution in [3.63, 3.8) is 0 Å². The molecule has 1 N–H and O–H groups in total. The molecule has 0 unspecified atom stereocenters. The number of nitriles is 1. The molecular formula is C21H20F2N2O3. The maximum Gasteiger partial charge on any atom is 0.266 e. The lowest BCUT2D eigenvalue weighted by atomic mass is 10.1. The maximum atomic E-state index is 13.7. The van der Waals surface area contributed by atoms with Crippen molar-refractivity contribution in [2.45, 2.75) is 19.8 Å². The first-order valence-corrected chi connectivity index (χ1v) is 8.67. The van der Waals surface area contributed by atoms with Gasteiger partial charge in [-0.25, -0.2) is 8.78 Å². The van der Waals surface area contributed by atoms with Crippen LogP contribution < -0.4 is 14.8 Å². The van der Waals surface area contributed by atoms with Crippen molar-refractivity contribution < 1.29 is 23.0 Å². The molecule has 0 aromatic heterocycles. The fourth-order valence-electron chi connectivity index (χ4n) is 2.32. The quantitative estimate of drug-likeness (QED) is 0.406. The highest BCUT2D eigenvalue weighted by molar-refractivity contribution is 6.09. The summed E-state index contributed by atoms with van der Waals surface area (Å²) in [5, 5.41) is 11.6. The van der Waals surface area contributed by atoms with Crippen LogP contribution in [0.3, 0.4) is 0 Å². The number of benzene rings is 2. The summed E-state index contributed by atoms with van der Waals surface area (Å²) in [5.41, 5.74) is 0.0813. The highest BCUT2D eigenvalue weighted by Crippen LogP contribution is 2.29. The van der Waals surface area contributed by atoms with Crippen LogP contribution in [0.15, 0.2) is 42.0 Å². The SMILES string of the molecule is CCCCOc1cc(/C=C(\C#N)C(=O)Nc2ccc(F)cc2F)ccc1OC. The summed E-state index contributed by atoms with van der Waals surface area (Å²) in [6.45, 7) is 2.55. The zero-order valence-electron chi connectivity index (χ0n) is 15.6. The van der Waals surface area contributed by atoms with Crippen LogP contribution in [0.1, 0.15) is 25.3 Å². The molecule has 0 aliphatic heterocycles. The molecule has 2 aromatic rings. The van der Waals surface area contributed by atoms with Crippen LogP contribution in [0.25, 0.3) is 6.08 Å². The Labute approximate surface area is 162 Å². The molecular weight excluding hydrogens is 366 g/mol. The van der Waals surface area contributed by atoms with Crippen LogP contribution >= 0.6 is 0 Å². The van der Waals surface area contributed by atoms with Gasteiger partial charge >= 0.3 is 0 Å². The minimum Gasteiger partial charge on any atom is -0.493 e. The third-order valence-corrected chi connectivity index (χ3v) is 3.80. The predicted octanol–water partition coefficient (Wildman–Crippen LogP) is 4.70. The number of anilines is 1. The number of nitrogens with zero attached hydrogens (tertiary/aromatic N) is 1. The molecule has 7 heteroatoms. The van der Waals surface area contributed by atoms with Crippen LogP contribution in [0, 0.1) is 23.0 Å². The van der Waals surface area contributed by atoms with Gasteiger partial charge in [-0.2, -0.15) is 5.26 Å². The van der Waals surface area contributed by atoms with Gasteiger partial charge in [0.1, 0.15) is 23.3 Å². The number of carbonyl (C=O) groups excluding carboxylic acids is 1. The lowest BCUT2D eigenvalue weighted by Gasteiger charge is -2.11. The minimum absolute atomic E-state index is 0.217. The summed E-state index contributed by atoms with van der Waals surface area (Å²) in [4.78, 5) is 12.3. The molecule has 28 heavy (non-hydrogen) atoms. The van der Waals surface area contributed by atoms with Crippen LogP contribution in [0.5, 0.6) is 11.5 Å². The number of ether oxygens (including phenoxy) is 2. The first-order valence-electron chi connectivity index (χ1n) is 8.67. The van der Waals surface area contributed by atoms with Gasteiger partial charge in [-0.1, -0.05) is 19.4 Å². The fraction of sp³-hybridized carbons (Fsp3) is 0.238. The van der Waals surface area contributed by atoms with Gasteiger partial charge < -0.3 is 14.8 Å². The molecule has 5 nitrogen and oxygen atoms in total. The van der Waals surface area contributed by atoms with E-state index in [4.69, 9.17) is 9.47 Å². The van der Waals surface area contributed by atoms with E-state index in [-0.39, 0.29) is 11.3 Å². The van der Waals surface area contributed by atoms with E-state index in [1.807, 2.05) is 6.92 Å². The molecule has 0 fully saturated rings. The van der Waals surface area contributed by atoms with E-state index in [0.29, 0.717) is 29.7 Å². The normalized spacial score (nSPS) is 10.9. The van der Waals surface area contributed by atoms with Crippen molar-refractivity contribution in [2.75, 3.05) is 19.0 Å². The van der Waals surface area contributed by atoms with Crippen LogP contribution in [0.2, 0.25) is 0 Å². The first kappa shape index (κ1) is 20.9. The summed E-state index contributed by atoms with van der Waals surface area (Å²) in [6.07, 6.45) is 3.20. The molecule has 2 aromatic carbocycles. The summed E-state index contributed by atoms with van der Waals surface area (Å²) in [5.74, 6) is -1.48. The van der Waals surface area contributed by atoms with Crippen LogP contribution in [-0.2, 0) is 4.79 Å². The maximum absolute atomic E-state index is 13.7. The van der Waals surface area contributed by atoms with E-state index in [0.717, 1.165) is 25.0 Å². The predicted molar refractivity (Wildman–Crippen MR) is 102 cm³/mol.